The molecule has 5 aromatic rings. The van der Waals surface area contributed by atoms with Crippen molar-refractivity contribution in [3.05, 3.63) is 96.3 Å². The molecule has 0 atom stereocenters. The van der Waals surface area contributed by atoms with Gasteiger partial charge in [0.15, 0.2) is 11.5 Å². The van der Waals surface area contributed by atoms with Crippen LogP contribution in [0.25, 0.3) is 21.8 Å². The number of hydrogen-bond donors (Lipinski definition) is 2. The molecule has 0 spiro atoms. The van der Waals surface area contributed by atoms with Gasteiger partial charge in [-0.2, -0.15) is 0 Å². The van der Waals surface area contributed by atoms with Gasteiger partial charge in [0, 0.05) is 34.2 Å². The van der Waals surface area contributed by atoms with E-state index in [9.17, 15) is 9.59 Å². The van der Waals surface area contributed by atoms with Gasteiger partial charge in [-0.3, -0.25) is 0 Å². The van der Waals surface area contributed by atoms with Gasteiger partial charge in [0.25, 0.3) is 0 Å². The molecule has 0 saturated heterocycles. The molecule has 5 rings (SSSR count). The molecule has 0 fully saturated rings. The van der Waals surface area contributed by atoms with Crippen molar-refractivity contribution in [1.82, 2.24) is 9.97 Å². The van der Waals surface area contributed by atoms with Gasteiger partial charge < -0.3 is 19.4 Å². The molecule has 0 saturated carbocycles. The van der Waals surface area contributed by atoms with Crippen LogP contribution in [0, 0.1) is 0 Å². The summed E-state index contributed by atoms with van der Waals surface area (Å²) in [5.74, 6) is -0.469. The number of benzene rings is 3. The number of para-hydroxylation sites is 2. The van der Waals surface area contributed by atoms with Crippen molar-refractivity contribution in [2.24, 2.45) is 0 Å². The van der Waals surface area contributed by atoms with Gasteiger partial charge in [-0.1, -0.05) is 36.4 Å². The molecule has 0 bridgehead atoms. The summed E-state index contributed by atoms with van der Waals surface area (Å²) in [4.78, 5) is 31.8. The van der Waals surface area contributed by atoms with Crippen molar-refractivity contribution < 1.29 is 19.1 Å². The highest BCUT2D eigenvalue weighted by atomic mass is 16.5. The van der Waals surface area contributed by atoms with E-state index in [1.54, 1.807) is 36.7 Å². The Hall–Kier alpha value is -4.32. The molecular formula is C24H16N2O4. The second-order valence-electron chi connectivity index (χ2n) is 6.72. The second-order valence-corrected chi connectivity index (χ2v) is 6.72. The summed E-state index contributed by atoms with van der Waals surface area (Å²) in [5, 5.41) is 1.56. The van der Waals surface area contributed by atoms with Crippen LogP contribution in [0.15, 0.2) is 85.2 Å². The average Bonchev–Trinajstić information content (AvgIpc) is 3.38. The fraction of sp³-hybridized carbons (Fsp3) is 0. The maximum Gasteiger partial charge on any atom is 0.344 e. The van der Waals surface area contributed by atoms with E-state index >= 15 is 0 Å². The first kappa shape index (κ1) is 17.8. The lowest BCUT2D eigenvalue weighted by Gasteiger charge is -2.09. The lowest BCUT2D eigenvalue weighted by molar-refractivity contribution is 0.0694. The number of ether oxygens (including phenoxy) is 2. The molecule has 146 valence electrons. The monoisotopic (exact) mass is 396 g/mol. The fourth-order valence-corrected chi connectivity index (χ4v) is 3.41. The maximum absolute atomic E-state index is 12.8. The van der Waals surface area contributed by atoms with Crippen LogP contribution in [0.4, 0.5) is 0 Å². The molecule has 2 N–H and O–H groups in total. The quantitative estimate of drug-likeness (QED) is 0.415. The molecule has 0 aliphatic heterocycles. The number of nitrogens with one attached hydrogen (secondary N) is 2. The number of hydrogen-bond acceptors (Lipinski definition) is 4. The Bertz CT molecular complexity index is 1290. The molecule has 6 nitrogen and oxygen atoms in total. The number of carbonyl (C=O) groups excluding carboxylic acids is 2. The lowest BCUT2D eigenvalue weighted by atomic mass is 10.1. The predicted octanol–water partition coefficient (Wildman–Crippen LogP) is 5.09. The third-order valence-electron chi connectivity index (χ3n) is 4.87. The molecule has 2 aromatic heterocycles. The van der Waals surface area contributed by atoms with E-state index in [0.717, 1.165) is 21.8 Å². The zero-order chi connectivity index (χ0) is 20.5. The normalized spacial score (nSPS) is 10.9. The summed E-state index contributed by atoms with van der Waals surface area (Å²) >= 11 is 0. The van der Waals surface area contributed by atoms with E-state index in [1.807, 2.05) is 48.5 Å². The Morgan fingerprint density at radius 1 is 0.567 bits per heavy atom. The first-order chi connectivity index (χ1) is 14.7. The van der Waals surface area contributed by atoms with E-state index in [2.05, 4.69) is 9.97 Å². The number of aromatic nitrogens is 2. The summed E-state index contributed by atoms with van der Waals surface area (Å²) < 4.78 is 11.1. The molecule has 2 heterocycles. The summed E-state index contributed by atoms with van der Waals surface area (Å²) in [5.41, 5.74) is 1.97. The maximum atomic E-state index is 12.8. The Kier molecular flexibility index (Phi) is 4.29. The second kappa shape index (κ2) is 7.25. The van der Waals surface area contributed by atoms with Crippen LogP contribution in [-0.4, -0.2) is 21.9 Å². The van der Waals surface area contributed by atoms with Crippen LogP contribution in [0.2, 0.25) is 0 Å². The zero-order valence-corrected chi connectivity index (χ0v) is 15.7. The molecule has 30 heavy (non-hydrogen) atoms. The predicted molar refractivity (Wildman–Crippen MR) is 113 cm³/mol. The van der Waals surface area contributed by atoms with Crippen molar-refractivity contribution >= 4 is 33.7 Å². The first-order valence-electron chi connectivity index (χ1n) is 9.36. The number of H-pyrrole nitrogens is 2. The van der Waals surface area contributed by atoms with Crippen molar-refractivity contribution in [3.63, 3.8) is 0 Å². The topological polar surface area (TPSA) is 84.2 Å². The van der Waals surface area contributed by atoms with Crippen molar-refractivity contribution in [2.45, 2.75) is 0 Å². The van der Waals surface area contributed by atoms with E-state index in [0.29, 0.717) is 11.5 Å². The van der Waals surface area contributed by atoms with E-state index in [1.165, 1.54) is 0 Å². The van der Waals surface area contributed by atoms with E-state index in [4.69, 9.17) is 9.47 Å². The van der Waals surface area contributed by atoms with Crippen molar-refractivity contribution in [3.8, 4) is 11.5 Å². The fourth-order valence-electron chi connectivity index (χ4n) is 3.41. The molecule has 0 amide bonds. The lowest BCUT2D eigenvalue weighted by Crippen LogP contribution is -2.17. The minimum Gasteiger partial charge on any atom is -0.421 e. The minimum absolute atomic E-state index is 0.132. The van der Waals surface area contributed by atoms with Gasteiger partial charge >= 0.3 is 11.9 Å². The smallest absolute Gasteiger partial charge is 0.344 e. The Morgan fingerprint density at radius 2 is 0.967 bits per heavy atom. The Morgan fingerprint density at radius 3 is 1.43 bits per heavy atom. The Labute approximate surface area is 171 Å². The summed E-state index contributed by atoms with van der Waals surface area (Å²) in [6.07, 6.45) is 3.24. The molecule has 0 aliphatic rings. The largest absolute Gasteiger partial charge is 0.421 e. The van der Waals surface area contributed by atoms with Gasteiger partial charge in [0.1, 0.15) is 0 Å². The zero-order valence-electron chi connectivity index (χ0n) is 15.7. The van der Waals surface area contributed by atoms with Crippen molar-refractivity contribution in [2.75, 3.05) is 0 Å². The summed E-state index contributed by atoms with van der Waals surface area (Å²) in [7, 11) is 0. The van der Waals surface area contributed by atoms with E-state index < -0.39 is 11.9 Å². The van der Waals surface area contributed by atoms with Gasteiger partial charge in [0.2, 0.25) is 0 Å². The third kappa shape index (κ3) is 3.10. The van der Waals surface area contributed by atoms with Crippen LogP contribution in [0.5, 0.6) is 11.5 Å². The van der Waals surface area contributed by atoms with Crippen LogP contribution >= 0.6 is 0 Å². The van der Waals surface area contributed by atoms with Crippen molar-refractivity contribution in [1.29, 1.82) is 0 Å². The molecule has 3 aromatic carbocycles. The van der Waals surface area contributed by atoms with Gasteiger partial charge in [0.05, 0.1) is 11.1 Å². The highest BCUT2D eigenvalue weighted by Gasteiger charge is 2.22. The summed E-state index contributed by atoms with van der Waals surface area (Å²) in [6, 6.07) is 21.4. The average molecular weight is 396 g/mol. The standard InChI is InChI=1S/C24H16N2O4/c27-23(29-21-13-25-19-11-5-3-9-17(19)21)15-7-1-2-8-16(15)24(28)30-22-14-26-20-12-6-4-10-18(20)22/h1-14,25-26H. The first-order valence-corrected chi connectivity index (χ1v) is 9.36. The molecule has 0 aliphatic carbocycles. The minimum atomic E-state index is -0.633. The highest BCUT2D eigenvalue weighted by Crippen LogP contribution is 2.28. The van der Waals surface area contributed by atoms with Crippen LogP contribution in [0.3, 0.4) is 0 Å². The molecular weight excluding hydrogens is 380 g/mol. The van der Waals surface area contributed by atoms with Crippen LogP contribution in [0.1, 0.15) is 20.7 Å². The number of esters is 2. The number of fused-ring (bicyclic) bond motifs is 2. The number of carbonyl (C=O) groups is 2. The summed E-state index contributed by atoms with van der Waals surface area (Å²) in [6.45, 7) is 0. The third-order valence-corrected chi connectivity index (χ3v) is 4.87. The highest BCUT2D eigenvalue weighted by molar-refractivity contribution is 6.05. The van der Waals surface area contributed by atoms with Gasteiger partial charge in [-0.15, -0.1) is 0 Å². The molecule has 0 radical (unpaired) electrons. The number of aromatic amines is 2. The Balaban J connectivity index is 1.43. The molecule has 6 heteroatoms. The number of rotatable bonds is 4. The van der Waals surface area contributed by atoms with Crippen LogP contribution in [-0.2, 0) is 0 Å². The van der Waals surface area contributed by atoms with E-state index in [-0.39, 0.29) is 11.1 Å². The van der Waals surface area contributed by atoms with Gasteiger partial charge in [-0.25, -0.2) is 9.59 Å². The van der Waals surface area contributed by atoms with Crippen LogP contribution < -0.4 is 9.47 Å². The SMILES string of the molecule is O=C(Oc1c[nH]c2ccccc12)c1ccccc1C(=O)Oc1c[nH]c2ccccc12. The molecule has 0 unspecified atom stereocenters. The van der Waals surface area contributed by atoms with Gasteiger partial charge in [-0.05, 0) is 36.4 Å².